The molecule has 1 atom stereocenters. The van der Waals surface area contributed by atoms with Crippen molar-refractivity contribution in [2.24, 2.45) is 5.73 Å². The van der Waals surface area contributed by atoms with E-state index >= 15 is 0 Å². The molecule has 1 saturated heterocycles. The monoisotopic (exact) mass is 265 g/mol. The van der Waals surface area contributed by atoms with Crippen molar-refractivity contribution >= 4 is 5.91 Å². The number of carbonyl (C=O) groups excluding carboxylic acids is 1. The van der Waals surface area contributed by atoms with Gasteiger partial charge in [-0.1, -0.05) is 0 Å². The van der Waals surface area contributed by atoms with Crippen LogP contribution in [-0.2, 0) is 0 Å². The van der Waals surface area contributed by atoms with Crippen molar-refractivity contribution in [3.63, 3.8) is 0 Å². The second-order valence-electron chi connectivity index (χ2n) is 4.57. The molecule has 3 N–H and O–H groups in total. The zero-order valence-corrected chi connectivity index (χ0v) is 10.8. The van der Waals surface area contributed by atoms with Crippen LogP contribution in [0.25, 0.3) is 0 Å². The van der Waals surface area contributed by atoms with Gasteiger partial charge in [-0.2, -0.15) is 0 Å². The van der Waals surface area contributed by atoms with Crippen LogP contribution in [0.3, 0.4) is 0 Å². The van der Waals surface area contributed by atoms with Gasteiger partial charge in [-0.25, -0.2) is 4.98 Å². The maximum absolute atomic E-state index is 12.1. The van der Waals surface area contributed by atoms with Gasteiger partial charge in [-0.3, -0.25) is 14.7 Å². The Bertz CT molecular complexity index is 406. The van der Waals surface area contributed by atoms with Crippen LogP contribution in [0.2, 0.25) is 0 Å². The van der Waals surface area contributed by atoms with E-state index in [4.69, 9.17) is 5.73 Å². The van der Waals surface area contributed by atoms with Crippen molar-refractivity contribution in [2.75, 3.05) is 39.3 Å². The van der Waals surface area contributed by atoms with Crippen molar-refractivity contribution in [3.05, 3.63) is 24.3 Å². The summed E-state index contributed by atoms with van der Waals surface area (Å²) in [6.07, 6.45) is 4.04. The Morgan fingerprint density at radius 1 is 1.37 bits per heavy atom. The predicted octanol–water partition coefficient (Wildman–Crippen LogP) is -1.45. The van der Waals surface area contributed by atoms with E-state index < -0.39 is 6.10 Å². The second kappa shape index (κ2) is 6.55. The van der Waals surface area contributed by atoms with Crippen molar-refractivity contribution < 1.29 is 9.90 Å². The number of hydrogen-bond acceptors (Lipinski definition) is 6. The largest absolute Gasteiger partial charge is 0.390 e. The molecule has 0 bridgehead atoms. The Kier molecular flexibility index (Phi) is 4.78. The van der Waals surface area contributed by atoms with E-state index in [1.54, 1.807) is 11.1 Å². The molecule has 0 saturated carbocycles. The van der Waals surface area contributed by atoms with E-state index in [1.807, 2.05) is 0 Å². The van der Waals surface area contributed by atoms with Crippen molar-refractivity contribution in [3.8, 4) is 0 Å². The summed E-state index contributed by atoms with van der Waals surface area (Å²) in [6, 6.07) is 0. The highest BCUT2D eigenvalue weighted by Crippen LogP contribution is 2.06. The van der Waals surface area contributed by atoms with Crippen LogP contribution >= 0.6 is 0 Å². The lowest BCUT2D eigenvalue weighted by Crippen LogP contribution is -2.51. The van der Waals surface area contributed by atoms with Gasteiger partial charge in [0, 0.05) is 51.7 Å². The number of rotatable bonds is 4. The van der Waals surface area contributed by atoms with Crippen LogP contribution in [0.4, 0.5) is 0 Å². The molecule has 0 spiro atoms. The van der Waals surface area contributed by atoms with Gasteiger partial charge in [-0.05, 0) is 0 Å². The Labute approximate surface area is 112 Å². The third kappa shape index (κ3) is 3.69. The fourth-order valence-electron chi connectivity index (χ4n) is 2.08. The molecule has 1 aromatic rings. The summed E-state index contributed by atoms with van der Waals surface area (Å²) in [4.78, 5) is 23.9. The molecule has 1 fully saturated rings. The summed E-state index contributed by atoms with van der Waals surface area (Å²) in [5, 5.41) is 9.50. The first kappa shape index (κ1) is 13.9. The summed E-state index contributed by atoms with van der Waals surface area (Å²) in [5.74, 6) is -0.0906. The molecule has 1 aromatic heterocycles. The van der Waals surface area contributed by atoms with Gasteiger partial charge in [0.1, 0.15) is 5.69 Å². The quantitative estimate of drug-likeness (QED) is 0.692. The first-order valence-electron chi connectivity index (χ1n) is 6.36. The molecule has 2 rings (SSSR count). The minimum atomic E-state index is -0.498. The fraction of sp³-hybridized carbons (Fsp3) is 0.583. The van der Waals surface area contributed by atoms with Crippen LogP contribution in [-0.4, -0.2) is 76.2 Å². The second-order valence-corrected chi connectivity index (χ2v) is 4.57. The summed E-state index contributed by atoms with van der Waals surface area (Å²) in [5.41, 5.74) is 5.76. The first-order valence-corrected chi connectivity index (χ1v) is 6.36. The van der Waals surface area contributed by atoms with E-state index in [2.05, 4.69) is 14.9 Å². The zero-order valence-electron chi connectivity index (χ0n) is 10.8. The molecule has 1 amide bonds. The topological polar surface area (TPSA) is 95.6 Å². The first-order chi connectivity index (χ1) is 9.20. The highest BCUT2D eigenvalue weighted by molar-refractivity contribution is 5.92. The normalized spacial score (nSPS) is 18.3. The number of amides is 1. The third-order valence-corrected chi connectivity index (χ3v) is 3.18. The van der Waals surface area contributed by atoms with E-state index in [0.717, 1.165) is 13.1 Å². The summed E-state index contributed by atoms with van der Waals surface area (Å²) in [7, 11) is 0. The minimum Gasteiger partial charge on any atom is -0.390 e. The van der Waals surface area contributed by atoms with Crippen LogP contribution in [0.15, 0.2) is 18.6 Å². The van der Waals surface area contributed by atoms with E-state index in [1.165, 1.54) is 12.4 Å². The molecule has 104 valence electrons. The summed E-state index contributed by atoms with van der Waals surface area (Å²) in [6.45, 7) is 3.56. The third-order valence-electron chi connectivity index (χ3n) is 3.18. The highest BCUT2D eigenvalue weighted by Gasteiger charge is 2.23. The fourth-order valence-corrected chi connectivity index (χ4v) is 2.08. The summed E-state index contributed by atoms with van der Waals surface area (Å²) >= 11 is 0. The molecule has 0 aromatic carbocycles. The molecule has 1 aliphatic rings. The average molecular weight is 265 g/mol. The molecule has 1 aliphatic heterocycles. The average Bonchev–Trinajstić information content (AvgIpc) is 2.48. The lowest BCUT2D eigenvalue weighted by molar-refractivity contribution is 0.0536. The van der Waals surface area contributed by atoms with Crippen molar-refractivity contribution in [2.45, 2.75) is 6.10 Å². The van der Waals surface area contributed by atoms with Gasteiger partial charge in [0.05, 0.1) is 12.3 Å². The van der Waals surface area contributed by atoms with Gasteiger partial charge < -0.3 is 15.7 Å². The number of piperazine rings is 1. The number of nitrogens with zero attached hydrogens (tertiary/aromatic N) is 4. The van der Waals surface area contributed by atoms with Crippen LogP contribution in [0.1, 0.15) is 10.5 Å². The zero-order chi connectivity index (χ0) is 13.7. The Hall–Kier alpha value is -1.57. The Morgan fingerprint density at radius 3 is 2.68 bits per heavy atom. The summed E-state index contributed by atoms with van der Waals surface area (Å²) < 4.78 is 0. The lowest BCUT2D eigenvalue weighted by Gasteiger charge is -2.35. The number of aromatic nitrogens is 2. The van der Waals surface area contributed by atoms with Gasteiger partial charge in [-0.15, -0.1) is 0 Å². The van der Waals surface area contributed by atoms with E-state index in [0.29, 0.717) is 25.3 Å². The molecule has 0 aliphatic carbocycles. The van der Waals surface area contributed by atoms with Crippen molar-refractivity contribution in [1.29, 1.82) is 0 Å². The van der Waals surface area contributed by atoms with Crippen LogP contribution in [0.5, 0.6) is 0 Å². The number of aliphatic hydroxyl groups excluding tert-OH is 1. The number of nitrogens with two attached hydrogens (primary N) is 1. The minimum absolute atomic E-state index is 0.0906. The maximum Gasteiger partial charge on any atom is 0.274 e. The molecule has 7 nitrogen and oxygen atoms in total. The molecular weight excluding hydrogens is 246 g/mol. The van der Waals surface area contributed by atoms with Crippen molar-refractivity contribution in [1.82, 2.24) is 19.8 Å². The Morgan fingerprint density at radius 2 is 2.11 bits per heavy atom. The van der Waals surface area contributed by atoms with Crippen LogP contribution < -0.4 is 5.73 Å². The predicted molar refractivity (Wildman–Crippen MR) is 69.4 cm³/mol. The number of carbonyl (C=O) groups is 1. The molecule has 2 heterocycles. The number of β-amino-alcohol motifs (C(OH)–C–C–N with tert-alkyl or cyclic N) is 1. The molecule has 19 heavy (non-hydrogen) atoms. The smallest absolute Gasteiger partial charge is 0.274 e. The van der Waals surface area contributed by atoms with E-state index in [9.17, 15) is 9.90 Å². The number of aliphatic hydroxyl groups is 1. The van der Waals surface area contributed by atoms with Gasteiger partial charge >= 0.3 is 0 Å². The SMILES string of the molecule is NCC(O)CN1CCN(C(=O)c2cnccn2)CC1. The standard InChI is InChI=1S/C12H19N5O2/c13-7-10(18)9-16-3-5-17(6-4-16)12(19)11-8-14-1-2-15-11/h1-2,8,10,18H,3-7,9,13H2. The van der Waals surface area contributed by atoms with E-state index in [-0.39, 0.29) is 12.5 Å². The molecule has 1 unspecified atom stereocenters. The van der Waals surface area contributed by atoms with Crippen LogP contribution in [0, 0.1) is 0 Å². The molecule has 7 heteroatoms. The lowest BCUT2D eigenvalue weighted by atomic mass is 10.2. The highest BCUT2D eigenvalue weighted by atomic mass is 16.3. The maximum atomic E-state index is 12.1. The molecule has 0 radical (unpaired) electrons. The Balaban J connectivity index is 1.85. The van der Waals surface area contributed by atoms with Gasteiger partial charge in [0.2, 0.25) is 0 Å². The molecular formula is C12H19N5O2. The van der Waals surface area contributed by atoms with Gasteiger partial charge in [0.15, 0.2) is 0 Å². The van der Waals surface area contributed by atoms with Gasteiger partial charge in [0.25, 0.3) is 5.91 Å². The number of hydrogen-bond donors (Lipinski definition) is 2.